The fraction of sp³-hybridized carbons (Fsp3) is 0.133. The van der Waals surface area contributed by atoms with E-state index in [1.165, 1.54) is 11.8 Å². The lowest BCUT2D eigenvalue weighted by atomic mass is 10.1. The molecule has 0 amide bonds. The third-order valence-corrected chi connectivity index (χ3v) is 4.65. The first kappa shape index (κ1) is 15.3. The number of hydrogen-bond acceptors (Lipinski definition) is 4. The zero-order valence-corrected chi connectivity index (χ0v) is 13.9. The summed E-state index contributed by atoms with van der Waals surface area (Å²) in [7, 11) is 0. The van der Waals surface area contributed by atoms with Gasteiger partial charge in [0.1, 0.15) is 0 Å². The fourth-order valence-electron chi connectivity index (χ4n) is 2.03. The smallest absolute Gasteiger partial charge is 0.196 e. The van der Waals surface area contributed by atoms with Crippen molar-refractivity contribution in [3.8, 4) is 0 Å². The average molecular weight is 352 g/mol. The van der Waals surface area contributed by atoms with Crippen LogP contribution in [0.3, 0.4) is 0 Å². The summed E-state index contributed by atoms with van der Waals surface area (Å²) < 4.78 is 1.70. The number of carbonyl (C=O) groups excluding carboxylic acids is 1. The van der Waals surface area contributed by atoms with Crippen molar-refractivity contribution in [2.24, 2.45) is 0 Å². The summed E-state index contributed by atoms with van der Waals surface area (Å²) in [5, 5.41) is 9.32. The topological polar surface area (TPSA) is 47.3 Å². The van der Waals surface area contributed by atoms with E-state index < -0.39 is 0 Å². The predicted octanol–water partition coefficient (Wildman–Crippen LogP) is 4.40. The molecule has 22 heavy (non-hydrogen) atoms. The summed E-state index contributed by atoms with van der Waals surface area (Å²) in [6.07, 6.45) is 1.69. The van der Waals surface area contributed by atoms with Crippen molar-refractivity contribution in [3.05, 3.63) is 58.2 Å². The Labute approximate surface area is 141 Å². The molecular formula is C15H11Cl2N3OS. The van der Waals surface area contributed by atoms with Crippen molar-refractivity contribution in [1.29, 1.82) is 0 Å². The van der Waals surface area contributed by atoms with E-state index in [1.807, 2.05) is 25.1 Å². The molecule has 0 N–H and O–H groups in total. The summed E-state index contributed by atoms with van der Waals surface area (Å²) in [4.78, 5) is 12.4. The number of carbonyl (C=O) groups is 1. The standard InChI is InChI=1S/C15H11Cl2N3OS/c1-9(13(21)10-5-3-2-4-6-10)22-15-19-18-14-12(17)7-11(16)8-20(14)15/h2-9H,1H3. The molecule has 1 unspecified atom stereocenters. The Morgan fingerprint density at radius 1 is 1.23 bits per heavy atom. The lowest BCUT2D eigenvalue weighted by molar-refractivity contribution is 0.0994. The highest BCUT2D eigenvalue weighted by Crippen LogP contribution is 2.28. The van der Waals surface area contributed by atoms with E-state index >= 15 is 0 Å². The van der Waals surface area contributed by atoms with Crippen LogP contribution < -0.4 is 0 Å². The van der Waals surface area contributed by atoms with Gasteiger partial charge in [0.15, 0.2) is 16.6 Å². The molecule has 1 aromatic carbocycles. The molecule has 0 spiro atoms. The second-order valence-corrected chi connectivity index (χ2v) is 6.82. The van der Waals surface area contributed by atoms with Gasteiger partial charge < -0.3 is 0 Å². The Balaban J connectivity index is 1.89. The van der Waals surface area contributed by atoms with Gasteiger partial charge in [0.05, 0.1) is 15.3 Å². The molecule has 0 saturated heterocycles. The van der Waals surface area contributed by atoms with Crippen molar-refractivity contribution in [2.45, 2.75) is 17.3 Å². The molecule has 0 aliphatic heterocycles. The SMILES string of the molecule is CC(Sc1nnc2c(Cl)cc(Cl)cn12)C(=O)c1ccccc1. The number of thioether (sulfide) groups is 1. The van der Waals surface area contributed by atoms with Crippen LogP contribution in [0.1, 0.15) is 17.3 Å². The van der Waals surface area contributed by atoms with Gasteiger partial charge in [-0.3, -0.25) is 9.20 Å². The first-order valence-corrected chi connectivity index (χ1v) is 8.15. The van der Waals surface area contributed by atoms with Crippen LogP contribution in [0.5, 0.6) is 0 Å². The highest BCUT2D eigenvalue weighted by Gasteiger charge is 2.20. The van der Waals surface area contributed by atoms with E-state index in [-0.39, 0.29) is 11.0 Å². The quantitative estimate of drug-likeness (QED) is 0.516. The summed E-state index contributed by atoms with van der Waals surface area (Å²) in [6.45, 7) is 1.84. The molecule has 1 atom stereocenters. The molecule has 0 fully saturated rings. The summed E-state index contributed by atoms with van der Waals surface area (Å²) >= 11 is 13.4. The Hall–Kier alpha value is -1.56. The molecule has 0 bridgehead atoms. The minimum absolute atomic E-state index is 0.0375. The zero-order chi connectivity index (χ0) is 15.7. The summed E-state index contributed by atoms with van der Waals surface area (Å²) in [6, 6.07) is 10.8. The van der Waals surface area contributed by atoms with Gasteiger partial charge >= 0.3 is 0 Å². The van der Waals surface area contributed by atoms with Crippen molar-refractivity contribution in [3.63, 3.8) is 0 Å². The second-order valence-electron chi connectivity index (χ2n) is 4.67. The van der Waals surface area contributed by atoms with Crippen molar-refractivity contribution < 1.29 is 4.79 Å². The van der Waals surface area contributed by atoms with Crippen LogP contribution in [0.15, 0.2) is 47.8 Å². The molecule has 2 heterocycles. The minimum Gasteiger partial charge on any atom is -0.293 e. The minimum atomic E-state index is -0.299. The molecule has 3 aromatic rings. The normalized spacial score (nSPS) is 12.5. The average Bonchev–Trinajstić information content (AvgIpc) is 2.90. The Bertz CT molecular complexity index is 835. The monoisotopic (exact) mass is 351 g/mol. The maximum absolute atomic E-state index is 12.4. The number of halogens is 2. The lowest BCUT2D eigenvalue weighted by Crippen LogP contribution is -2.13. The van der Waals surface area contributed by atoms with Crippen LogP contribution >= 0.6 is 35.0 Å². The molecule has 0 aliphatic carbocycles. The fourth-order valence-corrected chi connectivity index (χ4v) is 3.44. The maximum atomic E-state index is 12.4. The van der Waals surface area contributed by atoms with E-state index in [0.717, 1.165) is 0 Å². The van der Waals surface area contributed by atoms with Crippen LogP contribution in [0.25, 0.3) is 5.65 Å². The van der Waals surface area contributed by atoms with Crippen molar-refractivity contribution in [2.75, 3.05) is 0 Å². The number of ketones is 1. The second kappa shape index (κ2) is 6.28. The first-order valence-electron chi connectivity index (χ1n) is 6.52. The Kier molecular flexibility index (Phi) is 4.38. The number of benzene rings is 1. The van der Waals surface area contributed by atoms with Gasteiger partial charge in [-0.2, -0.15) is 0 Å². The van der Waals surface area contributed by atoms with Gasteiger partial charge in [-0.15, -0.1) is 10.2 Å². The highest BCUT2D eigenvalue weighted by atomic mass is 35.5. The third-order valence-electron chi connectivity index (χ3n) is 3.10. The first-order chi connectivity index (χ1) is 10.6. The number of nitrogens with zero attached hydrogens (tertiary/aromatic N) is 3. The predicted molar refractivity (Wildman–Crippen MR) is 89.1 cm³/mol. The molecule has 0 saturated carbocycles. The van der Waals surface area contributed by atoms with Crippen LogP contribution in [-0.4, -0.2) is 25.6 Å². The van der Waals surface area contributed by atoms with Gasteiger partial charge in [-0.25, -0.2) is 0 Å². The van der Waals surface area contributed by atoms with E-state index in [0.29, 0.717) is 26.4 Å². The number of aromatic nitrogens is 3. The molecule has 112 valence electrons. The van der Waals surface area contributed by atoms with E-state index in [9.17, 15) is 4.79 Å². The number of Topliss-reactive ketones (excluding diaryl/α,β-unsaturated/α-hetero) is 1. The van der Waals surface area contributed by atoms with Gasteiger partial charge in [0.2, 0.25) is 0 Å². The lowest BCUT2D eigenvalue weighted by Gasteiger charge is -2.09. The molecule has 2 aromatic heterocycles. The van der Waals surface area contributed by atoms with Crippen LogP contribution in [0.2, 0.25) is 10.0 Å². The number of rotatable bonds is 4. The van der Waals surface area contributed by atoms with Crippen LogP contribution in [-0.2, 0) is 0 Å². The van der Waals surface area contributed by atoms with Crippen LogP contribution in [0.4, 0.5) is 0 Å². The van der Waals surface area contributed by atoms with Gasteiger partial charge in [-0.1, -0.05) is 65.3 Å². The van der Waals surface area contributed by atoms with Gasteiger partial charge in [-0.05, 0) is 13.0 Å². The molecule has 0 radical (unpaired) electrons. The van der Waals surface area contributed by atoms with E-state index in [4.69, 9.17) is 23.2 Å². The molecule has 3 rings (SSSR count). The highest BCUT2D eigenvalue weighted by molar-refractivity contribution is 8.00. The van der Waals surface area contributed by atoms with Crippen LogP contribution in [0, 0.1) is 0 Å². The number of hydrogen-bond donors (Lipinski definition) is 0. The number of pyridine rings is 1. The largest absolute Gasteiger partial charge is 0.293 e. The van der Waals surface area contributed by atoms with Gasteiger partial charge in [0.25, 0.3) is 0 Å². The summed E-state index contributed by atoms with van der Waals surface area (Å²) in [5.41, 5.74) is 1.19. The Morgan fingerprint density at radius 2 is 1.95 bits per heavy atom. The van der Waals surface area contributed by atoms with Crippen molar-refractivity contribution in [1.82, 2.24) is 14.6 Å². The molecule has 7 heteroatoms. The van der Waals surface area contributed by atoms with Crippen molar-refractivity contribution >= 4 is 46.4 Å². The summed E-state index contributed by atoms with van der Waals surface area (Å²) in [5.74, 6) is 0.0375. The molecule has 4 nitrogen and oxygen atoms in total. The molecule has 0 aliphatic rings. The van der Waals surface area contributed by atoms with Gasteiger partial charge in [0, 0.05) is 11.8 Å². The van der Waals surface area contributed by atoms with E-state index in [2.05, 4.69) is 10.2 Å². The zero-order valence-electron chi connectivity index (χ0n) is 11.5. The van der Waals surface area contributed by atoms with E-state index in [1.54, 1.807) is 28.8 Å². The third kappa shape index (κ3) is 2.97. The Morgan fingerprint density at radius 3 is 2.68 bits per heavy atom. The molecular weight excluding hydrogens is 341 g/mol. The maximum Gasteiger partial charge on any atom is 0.196 e. The number of fused-ring (bicyclic) bond motifs is 1.